The van der Waals surface area contributed by atoms with Crippen molar-refractivity contribution in [2.24, 2.45) is 17.3 Å². The van der Waals surface area contributed by atoms with Crippen LogP contribution in [0.15, 0.2) is 0 Å². The first-order valence-corrected chi connectivity index (χ1v) is 13.3. The van der Waals surface area contributed by atoms with Gasteiger partial charge in [-0.1, -0.05) is 118 Å². The van der Waals surface area contributed by atoms with E-state index in [9.17, 15) is 9.90 Å². The fourth-order valence-corrected chi connectivity index (χ4v) is 4.80. The Morgan fingerprint density at radius 3 is 1.35 bits per heavy atom. The normalized spacial score (nSPS) is 14.9. The lowest BCUT2D eigenvalue weighted by Gasteiger charge is -2.41. The lowest BCUT2D eigenvalue weighted by Crippen LogP contribution is -2.43. The third-order valence-electron chi connectivity index (χ3n) is 6.93. The minimum Gasteiger partial charge on any atom is -0.481 e. The predicted molar refractivity (Wildman–Crippen MR) is 133 cm³/mol. The molecule has 2 atom stereocenters. The third kappa shape index (κ3) is 15.0. The van der Waals surface area contributed by atoms with Crippen LogP contribution in [-0.2, 0) is 4.79 Å². The van der Waals surface area contributed by atoms with Gasteiger partial charge in [-0.15, -0.1) is 0 Å². The summed E-state index contributed by atoms with van der Waals surface area (Å²) in [4.78, 5) is 12.6. The summed E-state index contributed by atoms with van der Waals surface area (Å²) in [5.41, 5.74) is -0.523. The Morgan fingerprint density at radius 2 is 1.00 bits per heavy atom. The minimum absolute atomic E-state index is 0.125. The van der Waals surface area contributed by atoms with Crippen LogP contribution in [0, 0.1) is 17.3 Å². The Hall–Kier alpha value is -0.610. The summed E-state index contributed by atoms with van der Waals surface area (Å²) in [5.74, 6) is 0.0259. The predicted octanol–water partition coefficient (Wildman–Crippen LogP) is 7.60. The molecule has 0 bridgehead atoms. The Kier molecular flexibility index (Phi) is 23.7. The second kappa shape index (κ2) is 22.6. The fraction of sp³-hybridized carbons (Fsp3) is 0.963. The zero-order valence-corrected chi connectivity index (χ0v) is 21.6. The second-order valence-electron chi connectivity index (χ2n) is 9.46. The zero-order chi connectivity index (χ0) is 24.0. The molecule has 0 aromatic heterocycles. The molecule has 0 fully saturated rings. The van der Waals surface area contributed by atoms with Crippen molar-refractivity contribution in [3.63, 3.8) is 0 Å². The van der Waals surface area contributed by atoms with Gasteiger partial charge in [-0.3, -0.25) is 4.79 Å². The van der Waals surface area contributed by atoms with Crippen molar-refractivity contribution < 1.29 is 20.1 Å². The lowest BCUT2D eigenvalue weighted by molar-refractivity contribution is -0.158. The summed E-state index contributed by atoms with van der Waals surface area (Å²) < 4.78 is 0. The van der Waals surface area contributed by atoms with E-state index in [1.54, 1.807) is 0 Å². The zero-order valence-electron chi connectivity index (χ0n) is 21.6. The molecule has 0 spiro atoms. The first-order valence-electron chi connectivity index (χ1n) is 13.3. The van der Waals surface area contributed by atoms with Crippen LogP contribution in [0.5, 0.6) is 0 Å². The maximum atomic E-state index is 12.6. The van der Waals surface area contributed by atoms with E-state index < -0.39 is 11.4 Å². The van der Waals surface area contributed by atoms with Crippen LogP contribution >= 0.6 is 0 Å². The van der Waals surface area contributed by atoms with Gasteiger partial charge in [-0.2, -0.15) is 0 Å². The average Bonchev–Trinajstić information content (AvgIpc) is 2.75. The molecule has 0 aliphatic carbocycles. The van der Waals surface area contributed by atoms with Crippen molar-refractivity contribution in [3.8, 4) is 0 Å². The number of aliphatic hydroxyl groups is 2. The third-order valence-corrected chi connectivity index (χ3v) is 6.93. The van der Waals surface area contributed by atoms with E-state index in [1.165, 1.54) is 77.0 Å². The number of carbonyl (C=O) groups is 1. The maximum absolute atomic E-state index is 12.6. The molecule has 0 saturated heterocycles. The van der Waals surface area contributed by atoms with Crippen molar-refractivity contribution >= 4 is 5.97 Å². The van der Waals surface area contributed by atoms with Gasteiger partial charge in [-0.25, -0.2) is 0 Å². The Morgan fingerprint density at radius 1 is 0.645 bits per heavy atom. The van der Waals surface area contributed by atoms with Gasteiger partial charge in [0.1, 0.15) is 0 Å². The second-order valence-corrected chi connectivity index (χ2v) is 9.46. The van der Waals surface area contributed by atoms with Gasteiger partial charge in [-0.05, 0) is 31.1 Å². The molecule has 4 heteroatoms. The quantitative estimate of drug-likeness (QED) is 0.169. The molecule has 0 radical (unpaired) electrons. The minimum atomic E-state index is -0.526. The summed E-state index contributed by atoms with van der Waals surface area (Å²) in [5, 5.41) is 25.6. The number of carboxylic acids is 1. The summed E-state index contributed by atoms with van der Waals surface area (Å²) in [7, 11) is 0. The molecular formula is C27H56O4. The van der Waals surface area contributed by atoms with Gasteiger partial charge < -0.3 is 15.3 Å². The Balaban J connectivity index is 0. The lowest BCUT2D eigenvalue weighted by atomic mass is 9.62. The number of hydrogen-bond donors (Lipinski definition) is 3. The van der Waals surface area contributed by atoms with Crippen molar-refractivity contribution in [1.82, 2.24) is 0 Å². The standard InChI is InChI=1S/C25H50O2.C2H6O2/c1-6-9-12-13-14-15-18-21-25(24(26)27,22(4)19-16-10-7-2)23(5)20-17-11-8-3;3-1-2-4/h22-23H,6-21H2,1-5H3,(H,26,27);3-4H,1-2H2. The highest BCUT2D eigenvalue weighted by Gasteiger charge is 2.46. The highest BCUT2D eigenvalue weighted by atomic mass is 16.4. The molecule has 4 nitrogen and oxygen atoms in total. The number of hydrogen-bond acceptors (Lipinski definition) is 3. The van der Waals surface area contributed by atoms with E-state index in [0.717, 1.165) is 25.7 Å². The van der Waals surface area contributed by atoms with Crippen LogP contribution in [0.4, 0.5) is 0 Å². The summed E-state index contributed by atoms with van der Waals surface area (Å²) >= 11 is 0. The van der Waals surface area contributed by atoms with E-state index in [-0.39, 0.29) is 25.0 Å². The molecule has 0 amide bonds. The van der Waals surface area contributed by atoms with Gasteiger partial charge in [0.05, 0.1) is 18.6 Å². The molecule has 0 heterocycles. The van der Waals surface area contributed by atoms with Crippen LogP contribution in [0.1, 0.15) is 137 Å². The van der Waals surface area contributed by atoms with E-state index in [4.69, 9.17) is 10.2 Å². The molecule has 0 aliphatic heterocycles. The molecule has 2 unspecified atom stereocenters. The molecule has 0 aromatic carbocycles. The number of aliphatic hydroxyl groups excluding tert-OH is 2. The van der Waals surface area contributed by atoms with Crippen LogP contribution in [0.25, 0.3) is 0 Å². The molecular weight excluding hydrogens is 388 g/mol. The molecule has 0 aromatic rings. The highest BCUT2D eigenvalue weighted by Crippen LogP contribution is 2.45. The molecule has 188 valence electrons. The topological polar surface area (TPSA) is 77.8 Å². The SMILES string of the molecule is CCCCCCCCCC(C(=O)O)(C(C)CCCCC)C(C)CCCCC.OCCO. The summed E-state index contributed by atoms with van der Waals surface area (Å²) in [6.45, 7) is 10.9. The van der Waals surface area contributed by atoms with Crippen molar-refractivity contribution in [3.05, 3.63) is 0 Å². The van der Waals surface area contributed by atoms with Crippen LogP contribution in [-0.4, -0.2) is 34.5 Å². The van der Waals surface area contributed by atoms with Crippen molar-refractivity contribution in [1.29, 1.82) is 0 Å². The molecule has 0 aliphatic rings. The number of unbranched alkanes of at least 4 members (excludes halogenated alkanes) is 10. The average molecular weight is 445 g/mol. The number of rotatable bonds is 20. The van der Waals surface area contributed by atoms with Crippen LogP contribution in [0.2, 0.25) is 0 Å². The van der Waals surface area contributed by atoms with Gasteiger partial charge >= 0.3 is 5.97 Å². The van der Waals surface area contributed by atoms with E-state index in [1.807, 2.05) is 0 Å². The maximum Gasteiger partial charge on any atom is 0.310 e. The largest absolute Gasteiger partial charge is 0.481 e. The highest BCUT2D eigenvalue weighted by molar-refractivity contribution is 5.75. The summed E-state index contributed by atoms with van der Waals surface area (Å²) in [6.07, 6.45) is 19.0. The molecule has 0 rings (SSSR count). The van der Waals surface area contributed by atoms with E-state index in [0.29, 0.717) is 0 Å². The van der Waals surface area contributed by atoms with Gasteiger partial charge in [0.15, 0.2) is 0 Å². The van der Waals surface area contributed by atoms with Crippen molar-refractivity contribution in [2.75, 3.05) is 13.2 Å². The molecule has 0 saturated carbocycles. The Labute approximate surface area is 194 Å². The van der Waals surface area contributed by atoms with Gasteiger partial charge in [0, 0.05) is 0 Å². The number of aliphatic carboxylic acids is 1. The number of carboxylic acid groups (broad SMARTS) is 1. The first-order chi connectivity index (χ1) is 14.9. The van der Waals surface area contributed by atoms with Crippen molar-refractivity contribution in [2.45, 2.75) is 137 Å². The first kappa shape index (κ1) is 32.6. The Bertz CT molecular complexity index is 365. The smallest absolute Gasteiger partial charge is 0.310 e. The fourth-order valence-electron chi connectivity index (χ4n) is 4.80. The van der Waals surface area contributed by atoms with Gasteiger partial charge in [0.25, 0.3) is 0 Å². The van der Waals surface area contributed by atoms with E-state index in [2.05, 4.69) is 34.6 Å². The molecule has 3 N–H and O–H groups in total. The van der Waals surface area contributed by atoms with Crippen LogP contribution in [0.3, 0.4) is 0 Å². The van der Waals surface area contributed by atoms with Crippen LogP contribution < -0.4 is 0 Å². The van der Waals surface area contributed by atoms with E-state index >= 15 is 0 Å². The van der Waals surface area contributed by atoms with Gasteiger partial charge in [0.2, 0.25) is 0 Å². The monoisotopic (exact) mass is 444 g/mol. The molecule has 31 heavy (non-hydrogen) atoms. The summed E-state index contributed by atoms with van der Waals surface area (Å²) in [6, 6.07) is 0.